The van der Waals surface area contributed by atoms with Crippen molar-refractivity contribution in [1.29, 1.82) is 0 Å². The monoisotopic (exact) mass is 444 g/mol. The zero-order valence-corrected chi connectivity index (χ0v) is 19.6. The van der Waals surface area contributed by atoms with Gasteiger partial charge in [0.15, 0.2) is 0 Å². The number of amidine groups is 1. The molecule has 168 valence electrons. The number of carbonyl (C=O) groups is 1. The van der Waals surface area contributed by atoms with E-state index in [-0.39, 0.29) is 12.5 Å². The number of aromatic nitrogens is 2. The van der Waals surface area contributed by atoms with E-state index in [4.69, 9.17) is 9.98 Å². The highest BCUT2D eigenvalue weighted by molar-refractivity contribution is 7.99. The number of hydrogen-bond acceptors (Lipinski definition) is 7. The lowest BCUT2D eigenvalue weighted by Gasteiger charge is -2.13. The van der Waals surface area contributed by atoms with Gasteiger partial charge in [0, 0.05) is 43.2 Å². The smallest absolute Gasteiger partial charge is 0.238 e. The number of anilines is 1. The topological polar surface area (TPSA) is 108 Å². The Labute approximate surface area is 187 Å². The van der Waals surface area contributed by atoms with Gasteiger partial charge in [-0.05, 0) is 38.2 Å². The van der Waals surface area contributed by atoms with Crippen molar-refractivity contribution in [1.82, 2.24) is 25.7 Å². The fourth-order valence-corrected chi connectivity index (χ4v) is 3.51. The van der Waals surface area contributed by atoms with E-state index >= 15 is 0 Å². The van der Waals surface area contributed by atoms with E-state index in [1.165, 1.54) is 11.8 Å². The Balaban J connectivity index is 2.30. The summed E-state index contributed by atoms with van der Waals surface area (Å²) in [6.45, 7) is 7.89. The Bertz CT molecular complexity index is 953. The summed E-state index contributed by atoms with van der Waals surface area (Å²) in [5.41, 5.74) is 7.78. The number of hydrogen-bond donors (Lipinski definition) is 4. The second-order valence-electron chi connectivity index (χ2n) is 6.49. The largest absolute Gasteiger partial charge is 0.325 e. The molecule has 0 aliphatic carbocycles. The first kappa shape index (κ1) is 24.6. The third kappa shape index (κ3) is 7.50. The van der Waals surface area contributed by atoms with Crippen molar-refractivity contribution in [2.75, 3.05) is 32.5 Å². The molecule has 0 spiro atoms. The fourth-order valence-electron chi connectivity index (χ4n) is 2.71. The van der Waals surface area contributed by atoms with Gasteiger partial charge in [-0.3, -0.25) is 14.4 Å². The standard InChI is InChI=1S/C21H32N8OS/c1-6-17(28-24-7-2)26-21-27-20(13-18(23-5)29(21)8-3)31-16-11-9-15(10-12-16)25-19(30)14-22-4/h9-13,22,24H,6-8,14H2,1-5H3,(H,25,30)(H,26,27,28). The first-order chi connectivity index (χ1) is 15.0. The molecule has 1 aromatic carbocycles. The summed E-state index contributed by atoms with van der Waals surface area (Å²) in [7, 11) is 3.51. The maximum atomic E-state index is 11.7. The molecule has 31 heavy (non-hydrogen) atoms. The maximum absolute atomic E-state index is 11.7. The summed E-state index contributed by atoms with van der Waals surface area (Å²) in [5.74, 6) is 1.33. The minimum atomic E-state index is -0.0775. The van der Waals surface area contributed by atoms with E-state index in [9.17, 15) is 4.79 Å². The van der Waals surface area contributed by atoms with Crippen LogP contribution in [0.5, 0.6) is 0 Å². The first-order valence-corrected chi connectivity index (χ1v) is 11.2. The van der Waals surface area contributed by atoms with Gasteiger partial charge in [-0.25, -0.2) is 10.4 Å². The number of nitrogens with one attached hydrogen (secondary N) is 4. The van der Waals surface area contributed by atoms with E-state index in [1.54, 1.807) is 14.1 Å². The Hall–Kier alpha value is -2.69. The zero-order chi connectivity index (χ0) is 22.6. The highest BCUT2D eigenvalue weighted by atomic mass is 32.2. The van der Waals surface area contributed by atoms with Crippen LogP contribution in [0.25, 0.3) is 0 Å². The fraction of sp³-hybridized carbons (Fsp3) is 0.429. The van der Waals surface area contributed by atoms with Gasteiger partial charge in [0.2, 0.25) is 11.9 Å². The first-order valence-electron chi connectivity index (χ1n) is 10.4. The molecule has 0 aliphatic heterocycles. The molecule has 0 unspecified atom stereocenters. The van der Waals surface area contributed by atoms with Gasteiger partial charge in [-0.1, -0.05) is 25.6 Å². The van der Waals surface area contributed by atoms with Crippen LogP contribution in [0.2, 0.25) is 0 Å². The lowest BCUT2D eigenvalue weighted by Crippen LogP contribution is -2.37. The molecule has 10 heteroatoms. The predicted molar refractivity (Wildman–Crippen MR) is 127 cm³/mol. The molecule has 0 saturated carbocycles. The quantitative estimate of drug-likeness (QED) is 0.194. The number of rotatable bonds is 10. The van der Waals surface area contributed by atoms with Gasteiger partial charge >= 0.3 is 0 Å². The minimum Gasteiger partial charge on any atom is -0.325 e. The summed E-state index contributed by atoms with van der Waals surface area (Å²) in [4.78, 5) is 26.6. The second kappa shape index (κ2) is 12.9. The summed E-state index contributed by atoms with van der Waals surface area (Å²) in [6.07, 6.45) is 0.745. The van der Waals surface area contributed by atoms with Crippen LogP contribution in [-0.4, -0.2) is 48.5 Å². The summed E-state index contributed by atoms with van der Waals surface area (Å²) < 4.78 is 1.98. The van der Waals surface area contributed by atoms with E-state index in [0.717, 1.165) is 39.9 Å². The third-order valence-electron chi connectivity index (χ3n) is 4.20. The van der Waals surface area contributed by atoms with Crippen LogP contribution >= 0.6 is 11.8 Å². The molecule has 1 heterocycles. The van der Waals surface area contributed by atoms with Gasteiger partial charge in [0.25, 0.3) is 0 Å². The van der Waals surface area contributed by atoms with Crippen LogP contribution in [0.15, 0.2) is 50.2 Å². The van der Waals surface area contributed by atoms with Crippen molar-refractivity contribution in [3.05, 3.63) is 35.8 Å². The highest BCUT2D eigenvalue weighted by Crippen LogP contribution is 2.27. The average Bonchev–Trinajstić information content (AvgIpc) is 2.77. The number of carbonyl (C=O) groups excluding carboxylic acids is 1. The van der Waals surface area contributed by atoms with Crippen LogP contribution in [0.4, 0.5) is 11.6 Å². The molecule has 2 aromatic rings. The predicted octanol–water partition coefficient (Wildman–Crippen LogP) is 2.30. The van der Waals surface area contributed by atoms with Gasteiger partial charge in [-0.2, -0.15) is 4.99 Å². The Morgan fingerprint density at radius 1 is 1.19 bits per heavy atom. The Morgan fingerprint density at radius 2 is 1.94 bits per heavy atom. The Morgan fingerprint density at radius 3 is 2.52 bits per heavy atom. The Kier molecular flexibility index (Phi) is 10.2. The summed E-state index contributed by atoms with van der Waals surface area (Å²) >= 11 is 1.53. The molecule has 0 atom stereocenters. The lowest BCUT2D eigenvalue weighted by atomic mass is 10.3. The highest BCUT2D eigenvalue weighted by Gasteiger charge is 2.09. The SMILES string of the molecule is CCNN/C(CC)=N/c1nc(Sc2ccc(NC(=O)CNC)cc2)cc(=NC)n1CC. The molecule has 0 bridgehead atoms. The molecule has 2 rings (SSSR count). The number of benzene rings is 1. The molecule has 0 aliphatic rings. The molecule has 0 fully saturated rings. The minimum absolute atomic E-state index is 0.0775. The summed E-state index contributed by atoms with van der Waals surface area (Å²) in [6, 6.07) is 9.63. The number of likely N-dealkylation sites (N-methyl/N-ethyl adjacent to an activating group) is 1. The number of aliphatic imine (C=N–C) groups is 1. The van der Waals surface area contributed by atoms with E-state index in [1.807, 2.05) is 55.7 Å². The molecule has 4 N–H and O–H groups in total. The second-order valence-corrected chi connectivity index (χ2v) is 7.59. The van der Waals surface area contributed by atoms with E-state index in [0.29, 0.717) is 12.5 Å². The van der Waals surface area contributed by atoms with Crippen molar-refractivity contribution in [2.24, 2.45) is 9.98 Å². The van der Waals surface area contributed by atoms with Crippen LogP contribution in [0, 0.1) is 0 Å². The molecule has 1 amide bonds. The van der Waals surface area contributed by atoms with Crippen molar-refractivity contribution in [3.8, 4) is 0 Å². The molecule has 1 aromatic heterocycles. The maximum Gasteiger partial charge on any atom is 0.238 e. The summed E-state index contributed by atoms with van der Waals surface area (Å²) in [5, 5.41) is 6.48. The van der Waals surface area contributed by atoms with Gasteiger partial charge < -0.3 is 16.1 Å². The zero-order valence-electron chi connectivity index (χ0n) is 18.8. The van der Waals surface area contributed by atoms with Gasteiger partial charge in [-0.15, -0.1) is 0 Å². The molecule has 0 radical (unpaired) electrons. The van der Waals surface area contributed by atoms with Crippen LogP contribution in [-0.2, 0) is 11.3 Å². The molecule has 0 saturated heterocycles. The molecule has 9 nitrogen and oxygen atoms in total. The van der Waals surface area contributed by atoms with E-state index in [2.05, 4.69) is 26.5 Å². The number of amides is 1. The van der Waals surface area contributed by atoms with Crippen LogP contribution in [0.1, 0.15) is 27.2 Å². The van der Waals surface area contributed by atoms with Crippen LogP contribution < -0.4 is 27.0 Å². The third-order valence-corrected chi connectivity index (χ3v) is 5.13. The van der Waals surface area contributed by atoms with Crippen molar-refractivity contribution >= 4 is 35.1 Å². The van der Waals surface area contributed by atoms with E-state index < -0.39 is 0 Å². The normalized spacial score (nSPS) is 12.2. The van der Waals surface area contributed by atoms with Gasteiger partial charge in [0.1, 0.15) is 16.3 Å². The van der Waals surface area contributed by atoms with Crippen molar-refractivity contribution in [3.63, 3.8) is 0 Å². The van der Waals surface area contributed by atoms with Crippen molar-refractivity contribution < 1.29 is 4.79 Å². The molecular formula is C21H32N8OS. The average molecular weight is 445 g/mol. The molecular weight excluding hydrogens is 412 g/mol. The lowest BCUT2D eigenvalue weighted by molar-refractivity contribution is -0.115. The van der Waals surface area contributed by atoms with Crippen molar-refractivity contribution in [2.45, 2.75) is 43.7 Å². The van der Waals surface area contributed by atoms with Gasteiger partial charge in [0.05, 0.1) is 6.54 Å². The van der Waals surface area contributed by atoms with Crippen LogP contribution in [0.3, 0.4) is 0 Å². The number of hydrazine groups is 1. The number of nitrogens with zero attached hydrogens (tertiary/aromatic N) is 4.